The summed E-state index contributed by atoms with van der Waals surface area (Å²) in [5.41, 5.74) is 0.779. The van der Waals surface area contributed by atoms with Gasteiger partial charge in [-0.15, -0.1) is 0 Å². The highest BCUT2D eigenvalue weighted by atomic mass is 19.1. The fraction of sp³-hybridized carbons (Fsp3) is 0.286. The number of Topliss-reactive ketones (excluding diaryl/α,β-unsaturated/α-hetero) is 1. The number of hydrogen-bond donors (Lipinski definition) is 1. The summed E-state index contributed by atoms with van der Waals surface area (Å²) in [6.07, 6.45) is 3.59. The molecule has 0 saturated carbocycles. The normalized spacial score (nSPS) is 18.5. The molecule has 1 aliphatic heterocycles. The van der Waals surface area contributed by atoms with Crippen molar-refractivity contribution in [3.63, 3.8) is 0 Å². The molecule has 1 unspecified atom stereocenters. The molecule has 6 nitrogen and oxygen atoms in total. The third-order valence-electron chi connectivity index (χ3n) is 3.40. The quantitative estimate of drug-likeness (QED) is 0.914. The minimum Gasteiger partial charge on any atom is -0.335 e. The average molecular weight is 287 g/mol. The molecule has 1 aliphatic rings. The molecule has 7 heteroatoms. The highest BCUT2D eigenvalue weighted by Gasteiger charge is 2.23. The zero-order chi connectivity index (χ0) is 14.8. The molecule has 1 atom stereocenters. The molecular weight excluding hydrogens is 273 g/mol. The van der Waals surface area contributed by atoms with Crippen LogP contribution >= 0.6 is 0 Å². The van der Waals surface area contributed by atoms with Crippen molar-refractivity contribution in [2.75, 3.05) is 11.9 Å². The Labute approximate surface area is 120 Å². The summed E-state index contributed by atoms with van der Waals surface area (Å²) in [6.45, 7) is 2.43. The van der Waals surface area contributed by atoms with Crippen LogP contribution in [-0.4, -0.2) is 32.9 Å². The molecule has 0 spiro atoms. The van der Waals surface area contributed by atoms with Gasteiger partial charge < -0.3 is 5.32 Å². The van der Waals surface area contributed by atoms with Crippen molar-refractivity contribution in [3.05, 3.63) is 36.7 Å². The highest BCUT2D eigenvalue weighted by molar-refractivity contribution is 6.44. The Morgan fingerprint density at radius 3 is 3.00 bits per heavy atom. The van der Waals surface area contributed by atoms with E-state index in [9.17, 15) is 9.18 Å². The van der Waals surface area contributed by atoms with Crippen molar-refractivity contribution < 1.29 is 9.18 Å². The van der Waals surface area contributed by atoms with Crippen LogP contribution in [0.25, 0.3) is 5.69 Å². The number of rotatable bonds is 2. The van der Waals surface area contributed by atoms with E-state index in [4.69, 9.17) is 0 Å². The maximum atomic E-state index is 14.1. The molecule has 108 valence electrons. The molecule has 0 aliphatic carbocycles. The van der Waals surface area contributed by atoms with Crippen LogP contribution in [0.2, 0.25) is 0 Å². The number of hydrogen-bond acceptors (Lipinski definition) is 5. The van der Waals surface area contributed by atoms with Gasteiger partial charge in [0.1, 0.15) is 18.5 Å². The molecule has 0 amide bonds. The second-order valence-electron chi connectivity index (χ2n) is 4.91. The van der Waals surface area contributed by atoms with Gasteiger partial charge in [-0.05, 0) is 18.6 Å². The van der Waals surface area contributed by atoms with Crippen LogP contribution in [-0.2, 0) is 4.79 Å². The van der Waals surface area contributed by atoms with E-state index in [0.29, 0.717) is 12.2 Å². The van der Waals surface area contributed by atoms with Crippen molar-refractivity contribution in [1.29, 1.82) is 0 Å². The van der Waals surface area contributed by atoms with E-state index in [-0.39, 0.29) is 23.2 Å². The van der Waals surface area contributed by atoms with Gasteiger partial charge in [-0.25, -0.2) is 14.1 Å². The first-order chi connectivity index (χ1) is 10.1. The molecule has 1 aromatic heterocycles. The first kappa shape index (κ1) is 13.4. The Bertz CT molecular complexity index is 695. The van der Waals surface area contributed by atoms with E-state index in [0.717, 1.165) is 6.42 Å². The molecule has 1 N–H and O–H groups in total. The van der Waals surface area contributed by atoms with Gasteiger partial charge in [0.15, 0.2) is 5.84 Å². The number of amidine groups is 1. The fourth-order valence-corrected chi connectivity index (χ4v) is 2.13. The SMILES string of the molecule is CC1CCN=C(Nc2ccc(-n3cncn3)cc2F)C1=O. The first-order valence-corrected chi connectivity index (χ1v) is 6.65. The summed E-state index contributed by atoms with van der Waals surface area (Å²) < 4.78 is 15.6. The zero-order valence-corrected chi connectivity index (χ0v) is 11.5. The van der Waals surface area contributed by atoms with Gasteiger partial charge in [0.05, 0.1) is 11.4 Å². The number of nitrogens with zero attached hydrogens (tertiary/aromatic N) is 4. The van der Waals surface area contributed by atoms with Gasteiger partial charge in [-0.1, -0.05) is 6.92 Å². The predicted octanol–water partition coefficient (Wildman–Crippen LogP) is 1.83. The molecule has 0 saturated heterocycles. The lowest BCUT2D eigenvalue weighted by Gasteiger charge is -2.18. The molecule has 0 fully saturated rings. The second kappa shape index (κ2) is 5.43. The van der Waals surface area contributed by atoms with Crippen molar-refractivity contribution in [1.82, 2.24) is 14.8 Å². The van der Waals surface area contributed by atoms with Gasteiger partial charge in [0.2, 0.25) is 5.78 Å². The number of anilines is 1. The number of nitrogens with one attached hydrogen (secondary N) is 1. The number of carbonyl (C=O) groups is 1. The summed E-state index contributed by atoms with van der Waals surface area (Å²) >= 11 is 0. The molecular formula is C14H14FN5O. The molecule has 0 bridgehead atoms. The van der Waals surface area contributed by atoms with Crippen LogP contribution in [0.5, 0.6) is 0 Å². The lowest BCUT2D eigenvalue weighted by atomic mass is 9.99. The standard InChI is InChI=1S/C14H14FN5O/c1-9-4-5-17-14(13(9)21)19-12-3-2-10(6-11(12)15)20-8-16-7-18-20/h2-3,6-9H,4-5H2,1H3,(H,17,19). The van der Waals surface area contributed by atoms with E-state index >= 15 is 0 Å². The van der Waals surface area contributed by atoms with Crippen LogP contribution in [0.15, 0.2) is 35.8 Å². The average Bonchev–Trinajstić information content (AvgIpc) is 3.00. The number of benzene rings is 1. The Morgan fingerprint density at radius 1 is 1.43 bits per heavy atom. The Kier molecular flexibility index (Phi) is 3.47. The molecule has 3 rings (SSSR count). The van der Waals surface area contributed by atoms with Crippen molar-refractivity contribution >= 4 is 17.3 Å². The first-order valence-electron chi connectivity index (χ1n) is 6.65. The van der Waals surface area contributed by atoms with Crippen LogP contribution in [0.1, 0.15) is 13.3 Å². The maximum absolute atomic E-state index is 14.1. The van der Waals surface area contributed by atoms with Crippen molar-refractivity contribution in [2.45, 2.75) is 13.3 Å². The monoisotopic (exact) mass is 287 g/mol. The summed E-state index contributed by atoms with van der Waals surface area (Å²) in [5.74, 6) is -0.415. The number of halogens is 1. The van der Waals surface area contributed by atoms with Crippen molar-refractivity contribution in [3.8, 4) is 5.69 Å². The minimum absolute atomic E-state index is 0.0810. The van der Waals surface area contributed by atoms with Gasteiger partial charge >= 0.3 is 0 Å². The van der Waals surface area contributed by atoms with Crippen molar-refractivity contribution in [2.24, 2.45) is 10.9 Å². The third-order valence-corrected chi connectivity index (χ3v) is 3.40. The molecule has 21 heavy (non-hydrogen) atoms. The van der Waals surface area contributed by atoms with Crippen LogP contribution in [0, 0.1) is 11.7 Å². The molecule has 0 radical (unpaired) electrons. The number of aromatic nitrogens is 3. The Balaban J connectivity index is 1.84. The largest absolute Gasteiger partial charge is 0.335 e. The second-order valence-corrected chi connectivity index (χ2v) is 4.91. The lowest BCUT2D eigenvalue weighted by molar-refractivity contribution is -0.116. The topological polar surface area (TPSA) is 72.2 Å². The summed E-state index contributed by atoms with van der Waals surface area (Å²) in [7, 11) is 0. The summed E-state index contributed by atoms with van der Waals surface area (Å²) in [4.78, 5) is 19.9. The Morgan fingerprint density at radius 2 is 2.29 bits per heavy atom. The molecule has 2 heterocycles. The molecule has 1 aromatic carbocycles. The van der Waals surface area contributed by atoms with Gasteiger partial charge in [-0.3, -0.25) is 9.79 Å². The summed E-state index contributed by atoms with van der Waals surface area (Å²) in [6, 6.07) is 4.58. The number of aliphatic imine (C=N–C) groups is 1. The van der Waals surface area contributed by atoms with E-state index in [2.05, 4.69) is 20.4 Å². The zero-order valence-electron chi connectivity index (χ0n) is 11.5. The van der Waals surface area contributed by atoms with E-state index in [1.54, 1.807) is 12.1 Å². The number of ketones is 1. The fourth-order valence-electron chi connectivity index (χ4n) is 2.13. The molecule has 2 aromatic rings. The number of carbonyl (C=O) groups excluding carboxylic acids is 1. The van der Waals surface area contributed by atoms with Crippen LogP contribution in [0.3, 0.4) is 0 Å². The third kappa shape index (κ3) is 2.67. The maximum Gasteiger partial charge on any atom is 0.200 e. The lowest BCUT2D eigenvalue weighted by Crippen LogP contribution is -2.32. The van der Waals surface area contributed by atoms with Gasteiger partial charge in [0, 0.05) is 18.5 Å². The minimum atomic E-state index is -0.475. The van der Waals surface area contributed by atoms with Gasteiger partial charge in [-0.2, -0.15) is 5.10 Å². The van der Waals surface area contributed by atoms with E-state index in [1.165, 1.54) is 23.4 Å². The van der Waals surface area contributed by atoms with E-state index < -0.39 is 5.82 Å². The summed E-state index contributed by atoms with van der Waals surface area (Å²) in [5, 5.41) is 6.72. The van der Waals surface area contributed by atoms with Gasteiger partial charge in [0.25, 0.3) is 0 Å². The predicted molar refractivity (Wildman–Crippen MR) is 76.0 cm³/mol. The highest BCUT2D eigenvalue weighted by Crippen LogP contribution is 2.19. The van der Waals surface area contributed by atoms with E-state index in [1.807, 2.05) is 6.92 Å². The van der Waals surface area contributed by atoms with Crippen LogP contribution < -0.4 is 5.32 Å². The van der Waals surface area contributed by atoms with Crippen LogP contribution in [0.4, 0.5) is 10.1 Å². The Hall–Kier alpha value is -2.57. The smallest absolute Gasteiger partial charge is 0.200 e.